The first kappa shape index (κ1) is 22.9. The Bertz CT molecular complexity index is 1060. The molecule has 3 rings (SSSR count). The average molecular weight is 450 g/mol. The Balaban J connectivity index is 1.61. The van der Waals surface area contributed by atoms with E-state index in [1.54, 1.807) is 0 Å². The zero-order chi connectivity index (χ0) is 22.6. The van der Waals surface area contributed by atoms with Crippen LogP contribution >= 0.6 is 0 Å². The van der Waals surface area contributed by atoms with Gasteiger partial charge >= 0.3 is 5.97 Å². The quantitative estimate of drug-likeness (QED) is 0.476. The molecular weight excluding hydrogens is 425 g/mol. The minimum absolute atomic E-state index is 0.00246. The Kier molecular flexibility index (Phi) is 7.07. The summed E-state index contributed by atoms with van der Waals surface area (Å²) in [6.45, 7) is 2.47. The molecule has 0 atom stereocenters. The predicted octanol–water partition coefficient (Wildman–Crippen LogP) is 3.29. The summed E-state index contributed by atoms with van der Waals surface area (Å²) >= 11 is 0. The third kappa shape index (κ3) is 5.29. The number of esters is 1. The molecule has 2 aromatic rings. The fourth-order valence-corrected chi connectivity index (χ4v) is 4.74. The van der Waals surface area contributed by atoms with E-state index in [9.17, 15) is 22.4 Å². The van der Waals surface area contributed by atoms with Crippen molar-refractivity contribution in [1.29, 1.82) is 0 Å². The summed E-state index contributed by atoms with van der Waals surface area (Å²) in [6.07, 6.45) is 1.63. The molecule has 0 N–H and O–H groups in total. The molecule has 0 aliphatic carbocycles. The first-order valence-electron chi connectivity index (χ1n) is 9.86. The van der Waals surface area contributed by atoms with Gasteiger partial charge in [-0.15, -0.1) is 0 Å². The van der Waals surface area contributed by atoms with Crippen molar-refractivity contribution in [2.24, 2.45) is 5.92 Å². The summed E-state index contributed by atoms with van der Waals surface area (Å²) in [5.74, 6) is -1.55. The van der Waals surface area contributed by atoms with Crippen LogP contribution < -0.4 is 4.74 Å². The fraction of sp³-hybridized carbons (Fsp3) is 0.364. The summed E-state index contributed by atoms with van der Waals surface area (Å²) in [6, 6.07) is 9.09. The standard InChI is InChI=1S/C22H24FNO6S/c1-15-9-11-24(12-10-15)31(27,28)18-6-3-16(4-7-18)22(26)30-14-20(25)17-5-8-21(29-2)19(23)13-17/h3-8,13,15H,9-12,14H2,1-2H3. The van der Waals surface area contributed by atoms with Gasteiger partial charge in [0.05, 0.1) is 17.6 Å². The summed E-state index contributed by atoms with van der Waals surface area (Å²) in [4.78, 5) is 24.5. The van der Waals surface area contributed by atoms with Crippen LogP contribution in [0.1, 0.15) is 40.5 Å². The number of carbonyl (C=O) groups is 2. The molecule has 1 saturated heterocycles. The van der Waals surface area contributed by atoms with Crippen molar-refractivity contribution in [3.8, 4) is 5.75 Å². The van der Waals surface area contributed by atoms with Crippen LogP contribution in [-0.4, -0.2) is 51.3 Å². The first-order chi connectivity index (χ1) is 14.7. The minimum atomic E-state index is -3.62. The second-order valence-corrected chi connectivity index (χ2v) is 9.40. The van der Waals surface area contributed by atoms with Crippen LogP contribution in [0.5, 0.6) is 5.75 Å². The number of hydrogen-bond acceptors (Lipinski definition) is 6. The van der Waals surface area contributed by atoms with E-state index in [-0.39, 0.29) is 21.8 Å². The largest absolute Gasteiger partial charge is 0.494 e. The van der Waals surface area contributed by atoms with Gasteiger partial charge < -0.3 is 9.47 Å². The van der Waals surface area contributed by atoms with Crippen molar-refractivity contribution in [3.63, 3.8) is 0 Å². The van der Waals surface area contributed by atoms with Gasteiger partial charge in [0.1, 0.15) is 0 Å². The second kappa shape index (κ2) is 9.57. The molecule has 7 nitrogen and oxygen atoms in total. The predicted molar refractivity (Wildman–Crippen MR) is 111 cm³/mol. The number of ether oxygens (including phenoxy) is 2. The molecule has 2 aromatic carbocycles. The van der Waals surface area contributed by atoms with Crippen molar-refractivity contribution in [2.45, 2.75) is 24.7 Å². The Hall–Kier alpha value is -2.78. The summed E-state index contributed by atoms with van der Waals surface area (Å²) in [5.41, 5.74) is 0.156. The van der Waals surface area contributed by atoms with Gasteiger partial charge in [-0.1, -0.05) is 6.92 Å². The van der Waals surface area contributed by atoms with Gasteiger partial charge in [-0.3, -0.25) is 4.79 Å². The molecule has 1 heterocycles. The molecule has 0 radical (unpaired) electrons. The van der Waals surface area contributed by atoms with E-state index in [1.807, 2.05) is 0 Å². The van der Waals surface area contributed by atoms with E-state index < -0.39 is 34.2 Å². The molecule has 0 spiro atoms. The highest BCUT2D eigenvalue weighted by atomic mass is 32.2. The van der Waals surface area contributed by atoms with Crippen LogP contribution in [0.15, 0.2) is 47.4 Å². The number of rotatable bonds is 7. The van der Waals surface area contributed by atoms with E-state index in [2.05, 4.69) is 6.92 Å². The Morgan fingerprint density at radius 3 is 2.26 bits per heavy atom. The normalized spacial score (nSPS) is 15.5. The molecule has 0 amide bonds. The summed E-state index contributed by atoms with van der Waals surface area (Å²) < 4.78 is 50.5. The maximum Gasteiger partial charge on any atom is 0.338 e. The van der Waals surface area contributed by atoms with Crippen molar-refractivity contribution in [1.82, 2.24) is 4.31 Å². The molecule has 1 aliphatic heterocycles. The van der Waals surface area contributed by atoms with Gasteiger partial charge in [0.25, 0.3) is 0 Å². The van der Waals surface area contributed by atoms with Crippen molar-refractivity contribution in [3.05, 3.63) is 59.4 Å². The number of ketones is 1. The Morgan fingerprint density at radius 1 is 1.06 bits per heavy atom. The van der Waals surface area contributed by atoms with E-state index in [1.165, 1.54) is 47.8 Å². The lowest BCUT2D eigenvalue weighted by atomic mass is 10.0. The second-order valence-electron chi connectivity index (χ2n) is 7.46. The van der Waals surface area contributed by atoms with Gasteiger partial charge in [0, 0.05) is 18.7 Å². The SMILES string of the molecule is COc1ccc(C(=O)COC(=O)c2ccc(S(=O)(=O)N3CCC(C)CC3)cc2)cc1F. The Labute approximate surface area is 180 Å². The van der Waals surface area contributed by atoms with E-state index in [0.29, 0.717) is 19.0 Å². The third-order valence-electron chi connectivity index (χ3n) is 5.28. The fourth-order valence-electron chi connectivity index (χ4n) is 3.27. The molecule has 1 fully saturated rings. The van der Waals surface area contributed by atoms with Gasteiger partial charge in [-0.25, -0.2) is 17.6 Å². The minimum Gasteiger partial charge on any atom is -0.494 e. The van der Waals surface area contributed by atoms with E-state index >= 15 is 0 Å². The van der Waals surface area contributed by atoms with Crippen molar-refractivity contribution < 1.29 is 31.9 Å². The molecule has 9 heteroatoms. The molecule has 31 heavy (non-hydrogen) atoms. The number of methoxy groups -OCH3 is 1. The monoisotopic (exact) mass is 449 g/mol. The lowest BCUT2D eigenvalue weighted by Crippen LogP contribution is -2.37. The lowest BCUT2D eigenvalue weighted by molar-refractivity contribution is 0.0474. The molecule has 1 aliphatic rings. The topological polar surface area (TPSA) is 90.0 Å². The molecule has 166 valence electrons. The van der Waals surface area contributed by atoms with Gasteiger partial charge in [-0.2, -0.15) is 4.31 Å². The van der Waals surface area contributed by atoms with Crippen LogP contribution in [0, 0.1) is 11.7 Å². The Morgan fingerprint density at radius 2 is 1.68 bits per heavy atom. The highest BCUT2D eigenvalue weighted by molar-refractivity contribution is 7.89. The highest BCUT2D eigenvalue weighted by Gasteiger charge is 2.28. The number of piperidine rings is 1. The van der Waals surface area contributed by atoms with Crippen LogP contribution in [0.2, 0.25) is 0 Å². The maximum absolute atomic E-state index is 13.7. The summed E-state index contributed by atoms with van der Waals surface area (Å²) in [7, 11) is -2.31. The molecule has 0 aromatic heterocycles. The highest BCUT2D eigenvalue weighted by Crippen LogP contribution is 2.24. The molecule has 0 bridgehead atoms. The smallest absolute Gasteiger partial charge is 0.338 e. The van der Waals surface area contributed by atoms with Crippen LogP contribution in [0.4, 0.5) is 4.39 Å². The van der Waals surface area contributed by atoms with Gasteiger partial charge in [0.15, 0.2) is 24.0 Å². The number of hydrogen-bond donors (Lipinski definition) is 0. The number of Topliss-reactive ketones (excluding diaryl/α,β-unsaturated/α-hetero) is 1. The maximum atomic E-state index is 13.7. The molecule has 0 unspecified atom stereocenters. The van der Waals surface area contributed by atoms with Gasteiger partial charge in [-0.05, 0) is 61.2 Å². The van der Waals surface area contributed by atoms with Crippen LogP contribution in [0.25, 0.3) is 0 Å². The number of halogens is 1. The molecule has 0 saturated carbocycles. The van der Waals surface area contributed by atoms with Gasteiger partial charge in [0.2, 0.25) is 10.0 Å². The summed E-state index contributed by atoms with van der Waals surface area (Å²) in [5, 5.41) is 0. The number of benzene rings is 2. The van der Waals surface area contributed by atoms with Crippen LogP contribution in [-0.2, 0) is 14.8 Å². The van der Waals surface area contributed by atoms with E-state index in [4.69, 9.17) is 9.47 Å². The number of sulfonamides is 1. The third-order valence-corrected chi connectivity index (χ3v) is 7.19. The zero-order valence-electron chi connectivity index (χ0n) is 17.3. The zero-order valence-corrected chi connectivity index (χ0v) is 18.2. The number of nitrogens with zero attached hydrogens (tertiary/aromatic N) is 1. The lowest BCUT2D eigenvalue weighted by Gasteiger charge is -2.29. The van der Waals surface area contributed by atoms with E-state index in [0.717, 1.165) is 18.9 Å². The average Bonchev–Trinajstić information content (AvgIpc) is 2.77. The number of carbonyl (C=O) groups excluding carboxylic acids is 2. The molecular formula is C22H24FNO6S. The first-order valence-corrected chi connectivity index (χ1v) is 11.3. The van der Waals surface area contributed by atoms with Crippen molar-refractivity contribution >= 4 is 21.8 Å². The van der Waals surface area contributed by atoms with Crippen molar-refractivity contribution in [2.75, 3.05) is 26.8 Å². The van der Waals surface area contributed by atoms with Crippen LogP contribution in [0.3, 0.4) is 0 Å².